The zero-order chi connectivity index (χ0) is 21.2. The number of rotatable bonds is 9. The minimum Gasteiger partial charge on any atom is -0.372 e. The molecule has 0 spiro atoms. The molecule has 5 heteroatoms. The fourth-order valence-corrected chi connectivity index (χ4v) is 2.99. The molecule has 0 aromatic heterocycles. The standard InChI is InChI=1S/C24H27N3O2/c1-4-14-27(15-5-2)23-12-6-19(7-13-23)16-21(17-25)24(29)26-22-10-8-20(9-11-22)18(3)28/h6-13,16H,4-5,14-15H2,1-3H3,(H,26,29)/b21-16+. The highest BCUT2D eigenvalue weighted by molar-refractivity contribution is 6.09. The van der Waals surface area contributed by atoms with E-state index in [0.29, 0.717) is 11.3 Å². The Morgan fingerprint density at radius 2 is 1.59 bits per heavy atom. The SMILES string of the molecule is CCCN(CCC)c1ccc(/C=C(\C#N)C(=O)Nc2ccc(C(C)=O)cc2)cc1. The molecule has 0 saturated heterocycles. The summed E-state index contributed by atoms with van der Waals surface area (Å²) in [6, 6.07) is 16.4. The molecule has 0 unspecified atom stereocenters. The van der Waals surface area contributed by atoms with Crippen molar-refractivity contribution in [2.24, 2.45) is 0 Å². The smallest absolute Gasteiger partial charge is 0.266 e. The van der Waals surface area contributed by atoms with Gasteiger partial charge < -0.3 is 10.2 Å². The van der Waals surface area contributed by atoms with Gasteiger partial charge in [0.2, 0.25) is 0 Å². The molecule has 0 fully saturated rings. The molecule has 1 amide bonds. The lowest BCUT2D eigenvalue weighted by molar-refractivity contribution is -0.112. The lowest BCUT2D eigenvalue weighted by Crippen LogP contribution is -2.24. The van der Waals surface area contributed by atoms with Gasteiger partial charge in [-0.15, -0.1) is 0 Å². The highest BCUT2D eigenvalue weighted by atomic mass is 16.1. The molecule has 2 aromatic carbocycles. The summed E-state index contributed by atoms with van der Waals surface area (Å²) in [7, 11) is 0. The molecule has 0 aliphatic rings. The molecule has 0 aliphatic heterocycles. The van der Waals surface area contributed by atoms with Crippen LogP contribution in [0.15, 0.2) is 54.1 Å². The van der Waals surface area contributed by atoms with Crippen LogP contribution >= 0.6 is 0 Å². The van der Waals surface area contributed by atoms with Crippen LogP contribution in [0.1, 0.15) is 49.5 Å². The quantitative estimate of drug-likeness (QED) is 0.369. The van der Waals surface area contributed by atoms with Gasteiger partial charge in [-0.25, -0.2) is 0 Å². The van der Waals surface area contributed by atoms with Gasteiger partial charge in [0.05, 0.1) is 0 Å². The normalized spacial score (nSPS) is 10.9. The maximum atomic E-state index is 12.4. The van der Waals surface area contributed by atoms with Gasteiger partial charge in [0.25, 0.3) is 5.91 Å². The number of amides is 1. The van der Waals surface area contributed by atoms with Crippen molar-refractivity contribution in [1.29, 1.82) is 5.26 Å². The van der Waals surface area contributed by atoms with Gasteiger partial charge in [-0.1, -0.05) is 26.0 Å². The van der Waals surface area contributed by atoms with Crippen LogP contribution in [0.5, 0.6) is 0 Å². The molecule has 0 heterocycles. The first-order valence-corrected chi connectivity index (χ1v) is 9.87. The number of nitrogens with one attached hydrogen (secondary N) is 1. The van der Waals surface area contributed by atoms with E-state index in [4.69, 9.17) is 0 Å². The van der Waals surface area contributed by atoms with Crippen molar-refractivity contribution in [2.75, 3.05) is 23.3 Å². The van der Waals surface area contributed by atoms with E-state index >= 15 is 0 Å². The van der Waals surface area contributed by atoms with Gasteiger partial charge in [-0.05, 0) is 67.8 Å². The number of ketones is 1. The number of nitrogens with zero attached hydrogens (tertiary/aromatic N) is 2. The number of nitriles is 1. The van der Waals surface area contributed by atoms with E-state index in [1.807, 2.05) is 30.3 Å². The average Bonchev–Trinajstić information content (AvgIpc) is 2.72. The van der Waals surface area contributed by atoms with Crippen molar-refractivity contribution < 1.29 is 9.59 Å². The minimum atomic E-state index is -0.481. The van der Waals surface area contributed by atoms with Crippen LogP contribution in [-0.4, -0.2) is 24.8 Å². The van der Waals surface area contributed by atoms with Crippen molar-refractivity contribution in [2.45, 2.75) is 33.6 Å². The lowest BCUT2D eigenvalue weighted by atomic mass is 10.1. The van der Waals surface area contributed by atoms with Crippen LogP contribution in [0.25, 0.3) is 6.08 Å². The van der Waals surface area contributed by atoms with Crippen molar-refractivity contribution in [3.05, 3.63) is 65.2 Å². The summed E-state index contributed by atoms with van der Waals surface area (Å²) in [6.07, 6.45) is 3.73. The Morgan fingerprint density at radius 1 is 1.00 bits per heavy atom. The largest absolute Gasteiger partial charge is 0.372 e. The van der Waals surface area contributed by atoms with Crippen LogP contribution in [-0.2, 0) is 4.79 Å². The monoisotopic (exact) mass is 389 g/mol. The zero-order valence-corrected chi connectivity index (χ0v) is 17.2. The van der Waals surface area contributed by atoms with Crippen LogP contribution < -0.4 is 10.2 Å². The fraction of sp³-hybridized carbons (Fsp3) is 0.292. The average molecular weight is 389 g/mol. The number of anilines is 2. The van der Waals surface area contributed by atoms with Crippen LogP contribution in [0.4, 0.5) is 11.4 Å². The Hall–Kier alpha value is -3.39. The summed E-state index contributed by atoms with van der Waals surface area (Å²) in [4.78, 5) is 26.1. The predicted octanol–water partition coefficient (Wildman–Crippen LogP) is 5.06. The van der Waals surface area contributed by atoms with E-state index in [0.717, 1.165) is 37.2 Å². The minimum absolute atomic E-state index is 0.0207. The second-order valence-corrected chi connectivity index (χ2v) is 6.84. The second kappa shape index (κ2) is 10.8. The molecule has 2 aromatic rings. The molecule has 0 saturated carbocycles. The molecule has 0 aliphatic carbocycles. The molecular weight excluding hydrogens is 362 g/mol. The Bertz CT molecular complexity index is 901. The molecule has 5 nitrogen and oxygen atoms in total. The summed E-state index contributed by atoms with van der Waals surface area (Å²) in [5, 5.41) is 12.1. The summed E-state index contributed by atoms with van der Waals surface area (Å²) in [5.41, 5.74) is 3.05. The maximum absolute atomic E-state index is 12.4. The van der Waals surface area contributed by atoms with E-state index in [1.54, 1.807) is 30.3 Å². The van der Waals surface area contributed by atoms with E-state index in [1.165, 1.54) is 6.92 Å². The van der Waals surface area contributed by atoms with Gasteiger partial charge in [-0.3, -0.25) is 9.59 Å². The van der Waals surface area contributed by atoms with Gasteiger partial charge in [0.15, 0.2) is 5.78 Å². The molecule has 150 valence electrons. The number of hydrogen-bond donors (Lipinski definition) is 1. The zero-order valence-electron chi connectivity index (χ0n) is 17.2. The molecule has 29 heavy (non-hydrogen) atoms. The number of hydrogen-bond acceptors (Lipinski definition) is 4. The molecule has 0 bridgehead atoms. The van der Waals surface area contributed by atoms with E-state index < -0.39 is 5.91 Å². The van der Waals surface area contributed by atoms with E-state index in [-0.39, 0.29) is 11.4 Å². The van der Waals surface area contributed by atoms with Crippen molar-refractivity contribution in [3.63, 3.8) is 0 Å². The molecule has 1 N–H and O–H groups in total. The Morgan fingerprint density at radius 3 is 2.07 bits per heavy atom. The number of carbonyl (C=O) groups is 2. The first-order valence-electron chi connectivity index (χ1n) is 9.87. The van der Waals surface area contributed by atoms with Crippen LogP contribution in [0.3, 0.4) is 0 Å². The summed E-state index contributed by atoms with van der Waals surface area (Å²) in [6.45, 7) is 7.80. The topological polar surface area (TPSA) is 73.2 Å². The van der Waals surface area contributed by atoms with E-state index in [9.17, 15) is 14.9 Å². The summed E-state index contributed by atoms with van der Waals surface area (Å²) < 4.78 is 0. The van der Waals surface area contributed by atoms with Gasteiger partial charge >= 0.3 is 0 Å². The van der Waals surface area contributed by atoms with Gasteiger partial charge in [-0.2, -0.15) is 5.26 Å². The first kappa shape index (κ1) is 21.9. The van der Waals surface area contributed by atoms with Crippen LogP contribution in [0.2, 0.25) is 0 Å². The Labute approximate surface area is 172 Å². The highest BCUT2D eigenvalue weighted by Gasteiger charge is 2.10. The maximum Gasteiger partial charge on any atom is 0.266 e. The third-order valence-electron chi connectivity index (χ3n) is 4.47. The van der Waals surface area contributed by atoms with Gasteiger partial charge in [0.1, 0.15) is 11.6 Å². The molecular formula is C24H27N3O2. The van der Waals surface area contributed by atoms with Crippen molar-refractivity contribution >= 4 is 29.1 Å². The van der Waals surface area contributed by atoms with Crippen molar-refractivity contribution in [1.82, 2.24) is 0 Å². The molecule has 2 rings (SSSR count). The Kier molecular flexibility index (Phi) is 8.17. The van der Waals surface area contributed by atoms with Gasteiger partial charge in [0, 0.05) is 30.0 Å². The van der Waals surface area contributed by atoms with Crippen molar-refractivity contribution in [3.8, 4) is 6.07 Å². The van der Waals surface area contributed by atoms with E-state index in [2.05, 4.69) is 24.1 Å². The second-order valence-electron chi connectivity index (χ2n) is 6.84. The molecule has 0 atom stereocenters. The highest BCUT2D eigenvalue weighted by Crippen LogP contribution is 2.18. The molecule has 0 radical (unpaired) electrons. The predicted molar refractivity (Wildman–Crippen MR) is 118 cm³/mol. The number of Topliss-reactive ketones (excluding diaryl/α,β-unsaturated/α-hetero) is 1. The first-order chi connectivity index (χ1) is 14.0. The Balaban J connectivity index is 2.12. The third kappa shape index (κ3) is 6.32. The van der Waals surface area contributed by atoms with Crippen LogP contribution in [0, 0.1) is 11.3 Å². The summed E-state index contributed by atoms with van der Waals surface area (Å²) in [5.74, 6) is -0.522. The summed E-state index contributed by atoms with van der Waals surface area (Å²) >= 11 is 0. The lowest BCUT2D eigenvalue weighted by Gasteiger charge is -2.23. The third-order valence-corrected chi connectivity index (χ3v) is 4.47. The fourth-order valence-electron chi connectivity index (χ4n) is 2.99. The number of benzene rings is 2. The number of carbonyl (C=O) groups excluding carboxylic acids is 2.